The van der Waals surface area contributed by atoms with Gasteiger partial charge in [-0.25, -0.2) is 0 Å². The lowest BCUT2D eigenvalue weighted by Gasteiger charge is -2.17. The molecule has 2 N–H and O–H groups in total. The molecule has 1 fully saturated rings. The Morgan fingerprint density at radius 3 is 2.19 bits per heavy atom. The molecular formula is C14H22N2. The molecule has 1 aliphatic carbocycles. The van der Waals surface area contributed by atoms with Gasteiger partial charge in [-0.1, -0.05) is 6.07 Å². The molecule has 2 rings (SSSR count). The van der Waals surface area contributed by atoms with Gasteiger partial charge in [0.05, 0.1) is 0 Å². The van der Waals surface area contributed by atoms with E-state index in [0.717, 1.165) is 13.1 Å². The van der Waals surface area contributed by atoms with Gasteiger partial charge in [0.2, 0.25) is 0 Å². The van der Waals surface area contributed by atoms with Crippen molar-refractivity contribution in [2.75, 3.05) is 25.5 Å². The highest BCUT2D eigenvalue weighted by Gasteiger charge is 2.41. The summed E-state index contributed by atoms with van der Waals surface area (Å²) in [7, 11) is 2.04. The highest BCUT2D eigenvalue weighted by molar-refractivity contribution is 5.48. The Morgan fingerprint density at radius 1 is 1.06 bits per heavy atom. The van der Waals surface area contributed by atoms with Gasteiger partial charge in [-0.3, -0.25) is 0 Å². The molecule has 0 heterocycles. The summed E-state index contributed by atoms with van der Waals surface area (Å²) in [5.74, 6) is 0. The molecule has 0 amide bonds. The largest absolute Gasteiger partial charge is 0.384 e. The summed E-state index contributed by atoms with van der Waals surface area (Å²) in [4.78, 5) is 0. The van der Waals surface area contributed by atoms with E-state index in [2.05, 4.69) is 42.7 Å². The maximum absolute atomic E-state index is 3.57. The fraction of sp³-hybridized carbons (Fsp3) is 0.571. The zero-order valence-corrected chi connectivity index (χ0v) is 10.6. The van der Waals surface area contributed by atoms with Gasteiger partial charge in [-0.2, -0.15) is 0 Å². The van der Waals surface area contributed by atoms with Gasteiger partial charge in [-0.05, 0) is 57.0 Å². The molecule has 0 radical (unpaired) electrons. The van der Waals surface area contributed by atoms with Crippen LogP contribution in [0.15, 0.2) is 18.2 Å². The van der Waals surface area contributed by atoms with Gasteiger partial charge in [0.15, 0.2) is 0 Å². The van der Waals surface area contributed by atoms with Crippen LogP contribution in [0, 0.1) is 19.3 Å². The molecule has 1 aromatic rings. The first kappa shape index (κ1) is 11.5. The molecule has 1 aromatic carbocycles. The first-order chi connectivity index (χ1) is 7.63. The molecule has 0 atom stereocenters. The van der Waals surface area contributed by atoms with Crippen LogP contribution in [-0.2, 0) is 0 Å². The second-order valence-corrected chi connectivity index (χ2v) is 5.26. The number of hydrogen-bond donors (Lipinski definition) is 2. The molecule has 0 aromatic heterocycles. The van der Waals surface area contributed by atoms with E-state index in [-0.39, 0.29) is 0 Å². The van der Waals surface area contributed by atoms with Gasteiger partial charge in [0.25, 0.3) is 0 Å². The molecule has 0 unspecified atom stereocenters. The van der Waals surface area contributed by atoms with Crippen molar-refractivity contribution in [3.8, 4) is 0 Å². The summed E-state index contributed by atoms with van der Waals surface area (Å²) in [6, 6.07) is 6.66. The van der Waals surface area contributed by atoms with Crippen LogP contribution in [0.1, 0.15) is 24.0 Å². The lowest BCUT2D eigenvalue weighted by atomic mass is 10.1. The predicted octanol–water partition coefficient (Wildman–Crippen LogP) is 2.71. The molecule has 2 heteroatoms. The number of anilines is 1. The molecule has 0 spiro atoms. The third kappa shape index (κ3) is 2.76. The number of hydrogen-bond acceptors (Lipinski definition) is 2. The molecule has 1 saturated carbocycles. The third-order valence-corrected chi connectivity index (χ3v) is 3.40. The highest BCUT2D eigenvalue weighted by atomic mass is 14.9. The molecule has 0 aliphatic heterocycles. The molecule has 16 heavy (non-hydrogen) atoms. The predicted molar refractivity (Wildman–Crippen MR) is 70.0 cm³/mol. The van der Waals surface area contributed by atoms with Crippen LogP contribution < -0.4 is 10.6 Å². The van der Waals surface area contributed by atoms with Crippen LogP contribution in [0.5, 0.6) is 0 Å². The standard InChI is InChI=1S/C14H22N2/c1-11-6-12(2)8-13(7-11)16-10-14(4-5-14)9-15-3/h6-8,15-16H,4-5,9-10H2,1-3H3. The summed E-state index contributed by atoms with van der Waals surface area (Å²) in [5.41, 5.74) is 4.45. The Balaban J connectivity index is 1.94. The van der Waals surface area contributed by atoms with Crippen molar-refractivity contribution >= 4 is 5.69 Å². The molecular weight excluding hydrogens is 196 g/mol. The summed E-state index contributed by atoms with van der Waals surface area (Å²) >= 11 is 0. The van der Waals surface area contributed by atoms with Crippen molar-refractivity contribution in [3.05, 3.63) is 29.3 Å². The van der Waals surface area contributed by atoms with E-state index in [9.17, 15) is 0 Å². The fourth-order valence-electron chi connectivity index (χ4n) is 2.33. The van der Waals surface area contributed by atoms with Crippen LogP contribution in [0.25, 0.3) is 0 Å². The Labute approximate surface area is 98.4 Å². The third-order valence-electron chi connectivity index (χ3n) is 3.40. The average molecular weight is 218 g/mol. The van der Waals surface area contributed by atoms with Crippen LogP contribution in [0.3, 0.4) is 0 Å². The van der Waals surface area contributed by atoms with E-state index in [1.807, 2.05) is 7.05 Å². The van der Waals surface area contributed by atoms with E-state index >= 15 is 0 Å². The molecule has 88 valence electrons. The van der Waals surface area contributed by atoms with Gasteiger partial charge < -0.3 is 10.6 Å². The minimum absolute atomic E-state index is 0.520. The number of aryl methyl sites for hydroxylation is 2. The minimum Gasteiger partial charge on any atom is -0.384 e. The summed E-state index contributed by atoms with van der Waals surface area (Å²) < 4.78 is 0. The highest BCUT2D eigenvalue weighted by Crippen LogP contribution is 2.44. The quantitative estimate of drug-likeness (QED) is 0.794. The average Bonchev–Trinajstić information content (AvgIpc) is 2.95. The van der Waals surface area contributed by atoms with Crippen LogP contribution in [-0.4, -0.2) is 20.1 Å². The lowest BCUT2D eigenvalue weighted by molar-refractivity contribution is 0.507. The normalized spacial score (nSPS) is 17.2. The second kappa shape index (κ2) is 4.46. The number of benzene rings is 1. The van der Waals surface area contributed by atoms with E-state index in [0.29, 0.717) is 5.41 Å². The molecule has 0 bridgehead atoms. The minimum atomic E-state index is 0.520. The zero-order valence-electron chi connectivity index (χ0n) is 10.6. The SMILES string of the molecule is CNCC1(CNc2cc(C)cc(C)c2)CC1. The Kier molecular flexibility index (Phi) is 3.20. The summed E-state index contributed by atoms with van der Waals surface area (Å²) in [6.45, 7) is 6.53. The maximum Gasteiger partial charge on any atom is 0.0345 e. The van der Waals surface area contributed by atoms with Crippen LogP contribution in [0.2, 0.25) is 0 Å². The topological polar surface area (TPSA) is 24.1 Å². The van der Waals surface area contributed by atoms with Crippen molar-refractivity contribution in [2.24, 2.45) is 5.41 Å². The Bertz CT molecular complexity index is 347. The van der Waals surface area contributed by atoms with E-state index in [1.165, 1.54) is 29.7 Å². The molecule has 0 saturated heterocycles. The first-order valence-electron chi connectivity index (χ1n) is 6.10. The maximum atomic E-state index is 3.57. The Morgan fingerprint density at radius 2 is 1.69 bits per heavy atom. The van der Waals surface area contributed by atoms with Gasteiger partial charge in [0, 0.05) is 24.2 Å². The van der Waals surface area contributed by atoms with Crippen LogP contribution in [0.4, 0.5) is 5.69 Å². The summed E-state index contributed by atoms with van der Waals surface area (Å²) in [5, 5.41) is 6.86. The van der Waals surface area contributed by atoms with Gasteiger partial charge in [-0.15, -0.1) is 0 Å². The van der Waals surface area contributed by atoms with Crippen molar-refractivity contribution in [2.45, 2.75) is 26.7 Å². The van der Waals surface area contributed by atoms with Crippen molar-refractivity contribution in [1.82, 2.24) is 5.32 Å². The number of rotatable bonds is 5. The van der Waals surface area contributed by atoms with Crippen LogP contribution >= 0.6 is 0 Å². The van der Waals surface area contributed by atoms with Crippen molar-refractivity contribution in [1.29, 1.82) is 0 Å². The lowest BCUT2D eigenvalue weighted by Crippen LogP contribution is -2.26. The zero-order chi connectivity index (χ0) is 11.6. The number of nitrogens with one attached hydrogen (secondary N) is 2. The Hall–Kier alpha value is -1.02. The molecule has 1 aliphatic rings. The second-order valence-electron chi connectivity index (χ2n) is 5.26. The van der Waals surface area contributed by atoms with Crippen molar-refractivity contribution < 1.29 is 0 Å². The van der Waals surface area contributed by atoms with E-state index < -0.39 is 0 Å². The van der Waals surface area contributed by atoms with E-state index in [1.54, 1.807) is 0 Å². The van der Waals surface area contributed by atoms with Gasteiger partial charge >= 0.3 is 0 Å². The van der Waals surface area contributed by atoms with Gasteiger partial charge in [0.1, 0.15) is 0 Å². The monoisotopic (exact) mass is 218 g/mol. The first-order valence-corrected chi connectivity index (χ1v) is 6.10. The summed E-state index contributed by atoms with van der Waals surface area (Å²) in [6.07, 6.45) is 2.71. The smallest absolute Gasteiger partial charge is 0.0345 e. The molecule has 2 nitrogen and oxygen atoms in total. The van der Waals surface area contributed by atoms with E-state index in [4.69, 9.17) is 0 Å². The fourth-order valence-corrected chi connectivity index (χ4v) is 2.33. The van der Waals surface area contributed by atoms with Crippen molar-refractivity contribution in [3.63, 3.8) is 0 Å².